The molecule has 0 aliphatic carbocycles. The number of nitrogens with one attached hydrogen (secondary N) is 1. The van der Waals surface area contributed by atoms with Gasteiger partial charge in [0.25, 0.3) is 0 Å². The Morgan fingerprint density at radius 3 is 2.83 bits per heavy atom. The summed E-state index contributed by atoms with van der Waals surface area (Å²) in [5.74, 6) is 1.03. The maximum Gasteiger partial charge on any atom is 0.139 e. The third kappa shape index (κ3) is 2.12. The van der Waals surface area contributed by atoms with Crippen LogP contribution in [0.25, 0.3) is 22.4 Å². The van der Waals surface area contributed by atoms with Gasteiger partial charge in [0.05, 0.1) is 11.0 Å². The van der Waals surface area contributed by atoms with Crippen molar-refractivity contribution in [1.82, 2.24) is 9.97 Å². The Hall–Kier alpha value is -1.08. The number of phenols is 1. The molecule has 0 aliphatic heterocycles. The standard InChI is InChI=1S/C13H8BrIN2O/c14-10-3-1-7(15)5-9(10)13-16-11-4-2-8(18)6-12(11)17-13/h1-6,18H,(H,16,17). The number of benzene rings is 2. The molecule has 3 rings (SSSR count). The second-order valence-corrected chi connectivity index (χ2v) is 6.01. The maximum absolute atomic E-state index is 9.45. The SMILES string of the molecule is Oc1ccc2nc(-c3cc(I)ccc3Br)[nH]c2c1. The number of halogens is 2. The number of aromatic hydroxyl groups is 1. The van der Waals surface area contributed by atoms with Crippen molar-refractivity contribution in [3.63, 3.8) is 0 Å². The van der Waals surface area contributed by atoms with E-state index in [9.17, 15) is 5.11 Å². The summed E-state index contributed by atoms with van der Waals surface area (Å²) >= 11 is 5.80. The number of phenolic OH excluding ortho intramolecular Hbond substituents is 1. The molecule has 18 heavy (non-hydrogen) atoms. The van der Waals surface area contributed by atoms with E-state index >= 15 is 0 Å². The summed E-state index contributed by atoms with van der Waals surface area (Å²) in [5, 5.41) is 9.45. The third-order valence-electron chi connectivity index (χ3n) is 2.65. The molecule has 0 fully saturated rings. The van der Waals surface area contributed by atoms with E-state index in [1.807, 2.05) is 12.1 Å². The molecule has 1 heterocycles. The highest BCUT2D eigenvalue weighted by molar-refractivity contribution is 14.1. The Bertz CT molecular complexity index is 739. The average molecular weight is 415 g/mol. The van der Waals surface area contributed by atoms with Crippen LogP contribution < -0.4 is 0 Å². The minimum absolute atomic E-state index is 0.236. The molecule has 0 bridgehead atoms. The van der Waals surface area contributed by atoms with Crippen molar-refractivity contribution in [2.24, 2.45) is 0 Å². The second-order valence-electron chi connectivity index (χ2n) is 3.91. The van der Waals surface area contributed by atoms with Crippen molar-refractivity contribution in [3.8, 4) is 17.1 Å². The highest BCUT2D eigenvalue weighted by atomic mass is 127. The number of nitrogens with zero attached hydrogens (tertiary/aromatic N) is 1. The molecule has 0 unspecified atom stereocenters. The highest BCUT2D eigenvalue weighted by Gasteiger charge is 2.09. The summed E-state index contributed by atoms with van der Waals surface area (Å²) in [4.78, 5) is 7.74. The van der Waals surface area contributed by atoms with E-state index in [4.69, 9.17) is 0 Å². The fraction of sp³-hybridized carbons (Fsp3) is 0. The fourth-order valence-electron chi connectivity index (χ4n) is 1.80. The van der Waals surface area contributed by atoms with Crippen LogP contribution in [0.4, 0.5) is 0 Å². The third-order valence-corrected chi connectivity index (χ3v) is 4.01. The predicted octanol–water partition coefficient (Wildman–Crippen LogP) is 4.30. The Morgan fingerprint density at radius 2 is 2.00 bits per heavy atom. The van der Waals surface area contributed by atoms with Gasteiger partial charge in [-0.3, -0.25) is 0 Å². The quantitative estimate of drug-likeness (QED) is 0.583. The lowest BCUT2D eigenvalue weighted by Crippen LogP contribution is -1.83. The van der Waals surface area contributed by atoms with Gasteiger partial charge in [-0.25, -0.2) is 4.98 Å². The molecule has 2 aromatic carbocycles. The molecule has 5 heteroatoms. The topological polar surface area (TPSA) is 48.9 Å². The van der Waals surface area contributed by atoms with E-state index in [0.717, 1.165) is 30.5 Å². The number of aromatic amines is 1. The van der Waals surface area contributed by atoms with E-state index in [1.165, 1.54) is 0 Å². The fourth-order valence-corrected chi connectivity index (χ4v) is 2.73. The molecule has 0 radical (unpaired) electrons. The largest absolute Gasteiger partial charge is 0.508 e. The van der Waals surface area contributed by atoms with Crippen LogP contribution in [-0.4, -0.2) is 15.1 Å². The summed E-state index contributed by atoms with van der Waals surface area (Å²) < 4.78 is 2.14. The van der Waals surface area contributed by atoms with Crippen LogP contribution in [0.3, 0.4) is 0 Å². The number of aromatic nitrogens is 2. The summed E-state index contributed by atoms with van der Waals surface area (Å²) in [6, 6.07) is 11.2. The van der Waals surface area contributed by atoms with Crippen molar-refractivity contribution < 1.29 is 5.11 Å². The number of imidazole rings is 1. The molecular formula is C13H8BrIN2O. The second kappa shape index (κ2) is 4.55. The van der Waals surface area contributed by atoms with Gasteiger partial charge in [-0.15, -0.1) is 0 Å². The van der Waals surface area contributed by atoms with Gasteiger partial charge in [0, 0.05) is 19.7 Å². The van der Waals surface area contributed by atoms with Gasteiger partial charge in [0.15, 0.2) is 0 Å². The molecule has 3 nitrogen and oxygen atoms in total. The van der Waals surface area contributed by atoms with Crippen molar-refractivity contribution in [3.05, 3.63) is 44.4 Å². The first-order valence-corrected chi connectivity index (χ1v) is 7.15. The van der Waals surface area contributed by atoms with Crippen LogP contribution >= 0.6 is 38.5 Å². The summed E-state index contributed by atoms with van der Waals surface area (Å²) in [6.07, 6.45) is 0. The summed E-state index contributed by atoms with van der Waals surface area (Å²) in [7, 11) is 0. The van der Waals surface area contributed by atoms with Crippen LogP contribution in [-0.2, 0) is 0 Å². The zero-order valence-electron chi connectivity index (χ0n) is 9.11. The molecule has 0 amide bonds. The minimum atomic E-state index is 0.236. The zero-order valence-corrected chi connectivity index (χ0v) is 12.9. The lowest BCUT2D eigenvalue weighted by atomic mass is 10.2. The Balaban J connectivity index is 2.22. The summed E-state index contributed by atoms with van der Waals surface area (Å²) in [5.41, 5.74) is 2.68. The van der Waals surface area contributed by atoms with Gasteiger partial charge < -0.3 is 10.1 Å². The Labute approximate surface area is 126 Å². The van der Waals surface area contributed by atoms with E-state index < -0.39 is 0 Å². The molecule has 0 atom stereocenters. The number of fused-ring (bicyclic) bond motifs is 1. The van der Waals surface area contributed by atoms with Gasteiger partial charge in [-0.1, -0.05) is 15.9 Å². The van der Waals surface area contributed by atoms with Crippen LogP contribution in [0.1, 0.15) is 0 Å². The van der Waals surface area contributed by atoms with Gasteiger partial charge in [-0.05, 0) is 52.9 Å². The minimum Gasteiger partial charge on any atom is -0.508 e. The molecular weight excluding hydrogens is 407 g/mol. The number of rotatable bonds is 1. The van der Waals surface area contributed by atoms with E-state index in [1.54, 1.807) is 18.2 Å². The molecule has 2 N–H and O–H groups in total. The van der Waals surface area contributed by atoms with Crippen molar-refractivity contribution >= 4 is 49.6 Å². The number of hydrogen-bond donors (Lipinski definition) is 2. The molecule has 90 valence electrons. The van der Waals surface area contributed by atoms with Crippen molar-refractivity contribution in [2.75, 3.05) is 0 Å². The van der Waals surface area contributed by atoms with Gasteiger partial charge in [0.2, 0.25) is 0 Å². The van der Waals surface area contributed by atoms with Crippen molar-refractivity contribution in [2.45, 2.75) is 0 Å². The van der Waals surface area contributed by atoms with Gasteiger partial charge in [-0.2, -0.15) is 0 Å². The first-order valence-electron chi connectivity index (χ1n) is 5.27. The van der Waals surface area contributed by atoms with E-state index in [-0.39, 0.29) is 5.75 Å². The lowest BCUT2D eigenvalue weighted by molar-refractivity contribution is 0.476. The molecule has 3 aromatic rings. The highest BCUT2D eigenvalue weighted by Crippen LogP contribution is 2.30. The average Bonchev–Trinajstić information content (AvgIpc) is 2.74. The molecule has 1 aromatic heterocycles. The predicted molar refractivity (Wildman–Crippen MR) is 83.6 cm³/mol. The molecule has 0 aliphatic rings. The number of hydrogen-bond acceptors (Lipinski definition) is 2. The first-order chi connectivity index (χ1) is 8.63. The lowest BCUT2D eigenvalue weighted by Gasteiger charge is -2.01. The van der Waals surface area contributed by atoms with Crippen LogP contribution in [0.5, 0.6) is 5.75 Å². The van der Waals surface area contributed by atoms with Gasteiger partial charge in [0.1, 0.15) is 11.6 Å². The Morgan fingerprint density at radius 1 is 1.17 bits per heavy atom. The molecule has 0 spiro atoms. The maximum atomic E-state index is 9.45. The molecule has 0 saturated carbocycles. The van der Waals surface area contributed by atoms with Crippen LogP contribution in [0.15, 0.2) is 40.9 Å². The van der Waals surface area contributed by atoms with Crippen LogP contribution in [0, 0.1) is 3.57 Å². The van der Waals surface area contributed by atoms with Crippen LogP contribution in [0.2, 0.25) is 0 Å². The van der Waals surface area contributed by atoms with E-state index in [2.05, 4.69) is 54.6 Å². The van der Waals surface area contributed by atoms with E-state index in [0.29, 0.717) is 0 Å². The summed E-state index contributed by atoms with van der Waals surface area (Å²) in [6.45, 7) is 0. The number of H-pyrrole nitrogens is 1. The molecule has 0 saturated heterocycles. The zero-order chi connectivity index (χ0) is 12.7. The Kier molecular flexibility index (Phi) is 3.03. The smallest absolute Gasteiger partial charge is 0.139 e. The van der Waals surface area contributed by atoms with Gasteiger partial charge >= 0.3 is 0 Å². The first kappa shape index (κ1) is 12.0. The monoisotopic (exact) mass is 414 g/mol. The van der Waals surface area contributed by atoms with Crippen molar-refractivity contribution in [1.29, 1.82) is 0 Å². The normalized spacial score (nSPS) is 11.0.